The molecule has 0 aliphatic carbocycles. The maximum Gasteiger partial charge on any atom is 0.258 e. The highest BCUT2D eigenvalue weighted by Gasteiger charge is 2.11. The van der Waals surface area contributed by atoms with Crippen molar-refractivity contribution in [3.05, 3.63) is 72.1 Å². The zero-order chi connectivity index (χ0) is 19.1. The van der Waals surface area contributed by atoms with E-state index in [1.54, 1.807) is 6.07 Å². The van der Waals surface area contributed by atoms with E-state index >= 15 is 0 Å². The number of benzene rings is 2. The van der Waals surface area contributed by atoms with Crippen LogP contribution in [0.3, 0.4) is 0 Å². The van der Waals surface area contributed by atoms with Crippen LogP contribution in [0.1, 0.15) is 29.8 Å². The number of rotatable bonds is 7. The Morgan fingerprint density at radius 1 is 0.963 bits per heavy atom. The van der Waals surface area contributed by atoms with Gasteiger partial charge in [0.2, 0.25) is 5.95 Å². The van der Waals surface area contributed by atoms with Crippen molar-refractivity contribution in [3.63, 3.8) is 0 Å². The molecule has 0 spiro atoms. The molecule has 2 aromatic carbocycles. The first kappa shape index (κ1) is 18.4. The molecule has 0 aliphatic rings. The zero-order valence-electron chi connectivity index (χ0n) is 15.4. The molecule has 3 rings (SSSR count). The molecular weight excluding hydrogens is 340 g/mol. The standard InChI is InChI=1S/C21H22N4O2/c1-3-15-9-5-6-10-17(15)25-21-22-13-16(14-23-21)20(26)24-18-11-7-8-12-19(18)27-4-2/h5-14H,3-4H2,1-2H3,(H,24,26)(H,22,23,25). The molecule has 0 bridgehead atoms. The Morgan fingerprint density at radius 2 is 1.63 bits per heavy atom. The first-order valence-electron chi connectivity index (χ1n) is 8.91. The molecule has 2 N–H and O–H groups in total. The molecule has 0 unspecified atom stereocenters. The van der Waals surface area contributed by atoms with Gasteiger partial charge >= 0.3 is 0 Å². The minimum Gasteiger partial charge on any atom is -0.492 e. The van der Waals surface area contributed by atoms with Crippen molar-refractivity contribution in [1.29, 1.82) is 0 Å². The van der Waals surface area contributed by atoms with Crippen LogP contribution in [0.4, 0.5) is 17.3 Å². The summed E-state index contributed by atoms with van der Waals surface area (Å²) in [5, 5.41) is 6.03. The van der Waals surface area contributed by atoms with E-state index < -0.39 is 0 Å². The van der Waals surface area contributed by atoms with Gasteiger partial charge in [0.1, 0.15) is 5.75 Å². The Labute approximate surface area is 158 Å². The van der Waals surface area contributed by atoms with Crippen LogP contribution in [-0.4, -0.2) is 22.5 Å². The van der Waals surface area contributed by atoms with Gasteiger partial charge in [-0.3, -0.25) is 4.79 Å². The van der Waals surface area contributed by atoms with E-state index in [2.05, 4.69) is 33.6 Å². The van der Waals surface area contributed by atoms with Gasteiger partial charge in [0, 0.05) is 18.1 Å². The Morgan fingerprint density at radius 3 is 2.33 bits per heavy atom. The predicted molar refractivity (Wildman–Crippen MR) is 107 cm³/mol. The second-order valence-electron chi connectivity index (χ2n) is 5.81. The highest BCUT2D eigenvalue weighted by Crippen LogP contribution is 2.24. The average Bonchev–Trinajstić information content (AvgIpc) is 2.70. The quantitative estimate of drug-likeness (QED) is 0.650. The van der Waals surface area contributed by atoms with Crippen LogP contribution < -0.4 is 15.4 Å². The highest BCUT2D eigenvalue weighted by atomic mass is 16.5. The number of hydrogen-bond acceptors (Lipinski definition) is 5. The van der Waals surface area contributed by atoms with Gasteiger partial charge in [-0.2, -0.15) is 0 Å². The number of anilines is 3. The Balaban J connectivity index is 1.71. The summed E-state index contributed by atoms with van der Waals surface area (Å²) in [6, 6.07) is 15.3. The topological polar surface area (TPSA) is 76.1 Å². The number of carbonyl (C=O) groups is 1. The maximum atomic E-state index is 12.5. The van der Waals surface area contributed by atoms with Crippen LogP contribution in [0.15, 0.2) is 60.9 Å². The molecule has 0 saturated carbocycles. The fourth-order valence-corrected chi connectivity index (χ4v) is 2.63. The van der Waals surface area contributed by atoms with Gasteiger partial charge in [0.05, 0.1) is 17.9 Å². The summed E-state index contributed by atoms with van der Waals surface area (Å²) < 4.78 is 5.53. The Bertz CT molecular complexity index is 910. The van der Waals surface area contributed by atoms with E-state index in [0.717, 1.165) is 12.1 Å². The van der Waals surface area contributed by atoms with E-state index in [9.17, 15) is 4.79 Å². The molecule has 6 heteroatoms. The number of nitrogens with zero attached hydrogens (tertiary/aromatic N) is 2. The van der Waals surface area contributed by atoms with Crippen molar-refractivity contribution in [2.75, 3.05) is 17.2 Å². The number of carbonyl (C=O) groups excluding carboxylic acids is 1. The summed E-state index contributed by atoms with van der Waals surface area (Å²) in [5.41, 5.74) is 3.12. The fraction of sp³-hybridized carbons (Fsp3) is 0.190. The van der Waals surface area contributed by atoms with E-state index in [1.165, 1.54) is 18.0 Å². The summed E-state index contributed by atoms with van der Waals surface area (Å²) in [4.78, 5) is 21.0. The van der Waals surface area contributed by atoms with Crippen molar-refractivity contribution >= 4 is 23.2 Å². The van der Waals surface area contributed by atoms with Crippen molar-refractivity contribution in [2.45, 2.75) is 20.3 Å². The molecular formula is C21H22N4O2. The largest absolute Gasteiger partial charge is 0.492 e. The monoisotopic (exact) mass is 362 g/mol. The minimum atomic E-state index is -0.289. The second kappa shape index (κ2) is 8.80. The molecule has 3 aromatic rings. The van der Waals surface area contributed by atoms with Gasteiger partial charge in [-0.15, -0.1) is 0 Å². The molecule has 0 fully saturated rings. The number of amides is 1. The third-order valence-electron chi connectivity index (χ3n) is 3.99. The first-order chi connectivity index (χ1) is 13.2. The number of aromatic nitrogens is 2. The van der Waals surface area contributed by atoms with Crippen LogP contribution >= 0.6 is 0 Å². The van der Waals surface area contributed by atoms with E-state index in [1.807, 2.05) is 43.3 Å². The van der Waals surface area contributed by atoms with Gasteiger partial charge in [-0.05, 0) is 37.1 Å². The first-order valence-corrected chi connectivity index (χ1v) is 8.91. The summed E-state index contributed by atoms with van der Waals surface area (Å²) in [5.74, 6) is 0.786. The molecule has 0 atom stereocenters. The van der Waals surface area contributed by atoms with E-state index in [-0.39, 0.29) is 5.91 Å². The van der Waals surface area contributed by atoms with Gasteiger partial charge < -0.3 is 15.4 Å². The summed E-state index contributed by atoms with van der Waals surface area (Å²) in [6.45, 7) is 4.51. The van der Waals surface area contributed by atoms with Crippen LogP contribution in [0.5, 0.6) is 5.75 Å². The number of para-hydroxylation sites is 3. The van der Waals surface area contributed by atoms with Crippen molar-refractivity contribution in [3.8, 4) is 5.75 Å². The average molecular weight is 362 g/mol. The molecule has 1 aromatic heterocycles. The number of nitrogens with one attached hydrogen (secondary N) is 2. The van der Waals surface area contributed by atoms with Gasteiger partial charge in [0.15, 0.2) is 0 Å². The lowest BCUT2D eigenvalue weighted by molar-refractivity contribution is 0.102. The van der Waals surface area contributed by atoms with E-state index in [0.29, 0.717) is 29.6 Å². The Kier molecular flexibility index (Phi) is 5.99. The third kappa shape index (κ3) is 4.61. The molecule has 0 radical (unpaired) electrons. The smallest absolute Gasteiger partial charge is 0.258 e. The van der Waals surface area contributed by atoms with Crippen molar-refractivity contribution < 1.29 is 9.53 Å². The predicted octanol–water partition coefficient (Wildman–Crippen LogP) is 4.43. The van der Waals surface area contributed by atoms with Crippen molar-refractivity contribution in [1.82, 2.24) is 9.97 Å². The lowest BCUT2D eigenvalue weighted by Gasteiger charge is -2.11. The summed E-state index contributed by atoms with van der Waals surface area (Å²) in [7, 11) is 0. The minimum absolute atomic E-state index is 0.289. The van der Waals surface area contributed by atoms with Gasteiger partial charge in [-0.1, -0.05) is 37.3 Å². The molecule has 6 nitrogen and oxygen atoms in total. The number of hydrogen-bond donors (Lipinski definition) is 2. The summed E-state index contributed by atoms with van der Waals surface area (Å²) >= 11 is 0. The lowest BCUT2D eigenvalue weighted by Crippen LogP contribution is -2.14. The highest BCUT2D eigenvalue weighted by molar-refractivity contribution is 6.04. The van der Waals surface area contributed by atoms with Crippen LogP contribution in [0.25, 0.3) is 0 Å². The molecule has 27 heavy (non-hydrogen) atoms. The molecule has 1 amide bonds. The SMILES string of the molecule is CCOc1ccccc1NC(=O)c1cnc(Nc2ccccc2CC)nc1. The lowest BCUT2D eigenvalue weighted by atomic mass is 10.1. The normalized spacial score (nSPS) is 10.3. The fourth-order valence-electron chi connectivity index (χ4n) is 2.63. The number of aryl methyl sites for hydroxylation is 1. The second-order valence-corrected chi connectivity index (χ2v) is 5.81. The molecule has 0 aliphatic heterocycles. The van der Waals surface area contributed by atoms with Gasteiger partial charge in [0.25, 0.3) is 5.91 Å². The Hall–Kier alpha value is -3.41. The molecule has 138 valence electrons. The van der Waals surface area contributed by atoms with Crippen LogP contribution in [0.2, 0.25) is 0 Å². The van der Waals surface area contributed by atoms with Crippen LogP contribution in [-0.2, 0) is 6.42 Å². The summed E-state index contributed by atoms with van der Waals surface area (Å²) in [6.07, 6.45) is 3.91. The molecule has 1 heterocycles. The van der Waals surface area contributed by atoms with Crippen LogP contribution in [0, 0.1) is 0 Å². The van der Waals surface area contributed by atoms with E-state index in [4.69, 9.17) is 4.74 Å². The number of ether oxygens (including phenoxy) is 1. The third-order valence-corrected chi connectivity index (χ3v) is 3.99. The maximum absolute atomic E-state index is 12.5. The molecule has 0 saturated heterocycles. The zero-order valence-corrected chi connectivity index (χ0v) is 15.4. The van der Waals surface area contributed by atoms with Crippen molar-refractivity contribution in [2.24, 2.45) is 0 Å². The van der Waals surface area contributed by atoms with Gasteiger partial charge in [-0.25, -0.2) is 9.97 Å².